The van der Waals surface area contributed by atoms with Crippen molar-refractivity contribution in [3.63, 3.8) is 0 Å². The van der Waals surface area contributed by atoms with Crippen LogP contribution in [0.3, 0.4) is 0 Å². The fourth-order valence-electron chi connectivity index (χ4n) is 8.48. The number of esters is 2. The maximum atomic E-state index is 12.6. The highest BCUT2D eigenvalue weighted by molar-refractivity contribution is 5.69. The van der Waals surface area contributed by atoms with E-state index in [1.165, 1.54) is 167 Å². The van der Waals surface area contributed by atoms with E-state index in [1.54, 1.807) is 0 Å². The Hall–Kier alpha value is -1.87. The molecule has 1 N–H and O–H groups in total. The summed E-state index contributed by atoms with van der Waals surface area (Å²) in [5, 5.41) is 2.85. The summed E-state index contributed by atoms with van der Waals surface area (Å²) in [6.07, 6.45) is 49.5. The van der Waals surface area contributed by atoms with Gasteiger partial charge in [0, 0.05) is 25.9 Å². The van der Waals surface area contributed by atoms with Crippen LogP contribution >= 0.6 is 0 Å². The smallest absolute Gasteiger partial charge is 0.407 e. The van der Waals surface area contributed by atoms with Crippen LogP contribution in [0.15, 0.2) is 0 Å². The van der Waals surface area contributed by atoms with Gasteiger partial charge < -0.3 is 29.2 Å². The van der Waals surface area contributed by atoms with Gasteiger partial charge in [0.15, 0.2) is 0 Å². The first kappa shape index (κ1) is 63.1. The van der Waals surface area contributed by atoms with E-state index in [0.717, 1.165) is 96.4 Å². The highest BCUT2D eigenvalue weighted by Gasteiger charge is 2.14. The molecule has 0 aromatic heterocycles. The van der Waals surface area contributed by atoms with E-state index in [4.69, 9.17) is 18.9 Å². The Balaban J connectivity index is 4.03. The van der Waals surface area contributed by atoms with E-state index in [0.29, 0.717) is 45.8 Å². The average molecular weight is 924 g/mol. The van der Waals surface area contributed by atoms with Gasteiger partial charge in [-0.3, -0.25) is 9.59 Å². The van der Waals surface area contributed by atoms with Gasteiger partial charge >= 0.3 is 18.0 Å². The van der Waals surface area contributed by atoms with Crippen molar-refractivity contribution in [2.75, 3.05) is 53.6 Å². The molecule has 0 heterocycles. The van der Waals surface area contributed by atoms with Gasteiger partial charge in [-0.15, -0.1) is 0 Å². The van der Waals surface area contributed by atoms with Crippen LogP contribution in [-0.4, -0.2) is 82.6 Å². The summed E-state index contributed by atoms with van der Waals surface area (Å²) in [7, 11) is 4.02. The number of unbranched alkanes of at least 4 members (excludes halogenated alkanes) is 34. The lowest BCUT2D eigenvalue weighted by Crippen LogP contribution is -2.32. The van der Waals surface area contributed by atoms with Crippen LogP contribution in [0.5, 0.6) is 0 Å². The van der Waals surface area contributed by atoms with E-state index in [1.807, 2.05) is 14.1 Å². The molecular formula is C56H110N2O7. The first-order valence-corrected chi connectivity index (χ1v) is 28.4. The molecule has 0 aliphatic heterocycles. The molecule has 0 aliphatic carbocycles. The number of carbonyl (C=O) groups excluding carboxylic acids is 3. The fourth-order valence-corrected chi connectivity index (χ4v) is 8.48. The van der Waals surface area contributed by atoms with E-state index < -0.39 is 0 Å². The molecule has 0 aromatic carbocycles. The Bertz CT molecular complexity index is 936. The first-order chi connectivity index (χ1) is 31.9. The zero-order valence-electron chi connectivity index (χ0n) is 43.8. The third kappa shape index (κ3) is 53.0. The maximum absolute atomic E-state index is 12.6. The number of alkyl carbamates (subject to hydrolysis) is 1. The predicted molar refractivity (Wildman–Crippen MR) is 275 cm³/mol. The highest BCUT2D eigenvalue weighted by Crippen LogP contribution is 2.18. The molecule has 0 spiro atoms. The minimum Gasteiger partial charge on any atom is -0.466 e. The molecule has 65 heavy (non-hydrogen) atoms. The second-order valence-corrected chi connectivity index (χ2v) is 19.6. The normalized spacial score (nSPS) is 11.5. The summed E-state index contributed by atoms with van der Waals surface area (Å²) in [5.74, 6) is -0.119. The van der Waals surface area contributed by atoms with Crippen LogP contribution in [0.25, 0.3) is 0 Å². The molecule has 0 fully saturated rings. The molecule has 0 bridgehead atoms. The quantitative estimate of drug-likeness (QED) is 0.0365. The second-order valence-electron chi connectivity index (χ2n) is 19.6. The topological polar surface area (TPSA) is 103 Å². The standard InChI is InChI=1S/C56H110N2O7/c1-5-7-9-11-13-15-17-19-21-23-25-27-29-31-39-45-54(59)63-49-41-35-33-37-43-53(65-56(61)57-47-51-62-52-48-58(3)4)44-38-34-36-42-50-64-55(60)46-40-32-30-28-26-24-22-20-18-16-14-12-10-8-6-2/h53H,5-52H2,1-4H3,(H,57,61). The fraction of sp³-hybridized carbons (Fsp3) is 0.946. The lowest BCUT2D eigenvalue weighted by Gasteiger charge is -2.18. The predicted octanol–water partition coefficient (Wildman–Crippen LogP) is 16.2. The summed E-state index contributed by atoms with van der Waals surface area (Å²) in [4.78, 5) is 39.2. The molecule has 0 unspecified atom stereocenters. The van der Waals surface area contributed by atoms with E-state index in [-0.39, 0.29) is 24.1 Å². The number of hydrogen-bond donors (Lipinski definition) is 1. The Morgan fingerprint density at radius 2 is 0.723 bits per heavy atom. The molecule has 1 amide bonds. The third-order valence-electron chi connectivity index (χ3n) is 12.8. The van der Waals surface area contributed by atoms with Gasteiger partial charge in [0.25, 0.3) is 0 Å². The first-order valence-electron chi connectivity index (χ1n) is 28.4. The van der Waals surface area contributed by atoms with Gasteiger partial charge in [-0.1, -0.05) is 219 Å². The molecule has 0 aliphatic rings. The van der Waals surface area contributed by atoms with Crippen molar-refractivity contribution in [2.45, 2.75) is 290 Å². The van der Waals surface area contributed by atoms with E-state index in [2.05, 4.69) is 24.1 Å². The molecule has 0 radical (unpaired) electrons. The molecule has 0 atom stereocenters. The van der Waals surface area contributed by atoms with Crippen molar-refractivity contribution >= 4 is 18.0 Å². The summed E-state index contributed by atoms with van der Waals surface area (Å²) in [6.45, 7) is 7.90. The lowest BCUT2D eigenvalue weighted by molar-refractivity contribution is -0.144. The summed E-state index contributed by atoms with van der Waals surface area (Å²) in [6, 6.07) is 0. The number of nitrogens with one attached hydrogen (secondary N) is 1. The van der Waals surface area contributed by atoms with E-state index >= 15 is 0 Å². The Morgan fingerprint density at radius 1 is 0.400 bits per heavy atom. The number of amides is 1. The van der Waals surface area contributed by atoms with Crippen molar-refractivity contribution in [1.82, 2.24) is 10.2 Å². The Kier molecular flexibility index (Phi) is 51.6. The van der Waals surface area contributed by atoms with Gasteiger partial charge in [-0.25, -0.2) is 4.79 Å². The monoisotopic (exact) mass is 923 g/mol. The molecule has 0 aromatic rings. The lowest BCUT2D eigenvalue weighted by atomic mass is 10.0. The largest absolute Gasteiger partial charge is 0.466 e. The minimum atomic E-state index is -0.381. The third-order valence-corrected chi connectivity index (χ3v) is 12.8. The van der Waals surface area contributed by atoms with Gasteiger partial charge in [-0.05, 0) is 65.5 Å². The summed E-state index contributed by atoms with van der Waals surface area (Å²) < 4.78 is 22.5. The van der Waals surface area contributed by atoms with Gasteiger partial charge in [0.05, 0.1) is 26.4 Å². The summed E-state index contributed by atoms with van der Waals surface area (Å²) >= 11 is 0. The molecule has 386 valence electrons. The van der Waals surface area contributed by atoms with Crippen molar-refractivity contribution < 1.29 is 33.3 Å². The molecule has 9 nitrogen and oxygen atoms in total. The van der Waals surface area contributed by atoms with Crippen LogP contribution in [0.2, 0.25) is 0 Å². The van der Waals surface area contributed by atoms with Crippen LogP contribution < -0.4 is 5.32 Å². The maximum Gasteiger partial charge on any atom is 0.407 e. The summed E-state index contributed by atoms with van der Waals surface area (Å²) in [5.41, 5.74) is 0. The molecular weight excluding hydrogens is 813 g/mol. The van der Waals surface area contributed by atoms with Gasteiger partial charge in [0.2, 0.25) is 0 Å². The number of nitrogens with zero attached hydrogens (tertiary/aromatic N) is 1. The SMILES string of the molecule is CCCCCCCCCCCCCCCCCC(=O)OCCCCCCC(CCCCCCOC(=O)CCCCCCCCCCCCCCCCC)OC(=O)NCCOCCN(C)C. The Labute approximate surface area is 403 Å². The molecule has 0 rings (SSSR count). The number of likely N-dealkylation sites (N-methyl/N-ethyl adjacent to an activating group) is 1. The number of hydrogen-bond acceptors (Lipinski definition) is 8. The zero-order chi connectivity index (χ0) is 47.4. The van der Waals surface area contributed by atoms with Crippen LogP contribution in [0.1, 0.15) is 284 Å². The van der Waals surface area contributed by atoms with Gasteiger partial charge in [0.1, 0.15) is 6.10 Å². The van der Waals surface area contributed by atoms with Crippen molar-refractivity contribution in [1.29, 1.82) is 0 Å². The second kappa shape index (κ2) is 53.1. The minimum absolute atomic E-state index is 0.0594. The van der Waals surface area contributed by atoms with Crippen LogP contribution in [0.4, 0.5) is 4.79 Å². The van der Waals surface area contributed by atoms with Crippen molar-refractivity contribution in [2.24, 2.45) is 0 Å². The molecule has 0 saturated heterocycles. The van der Waals surface area contributed by atoms with Crippen LogP contribution in [-0.2, 0) is 28.5 Å². The number of ether oxygens (including phenoxy) is 4. The molecule has 9 heteroatoms. The average Bonchev–Trinajstić information content (AvgIpc) is 3.29. The van der Waals surface area contributed by atoms with Gasteiger partial charge in [-0.2, -0.15) is 0 Å². The Morgan fingerprint density at radius 3 is 1.08 bits per heavy atom. The molecule has 0 saturated carbocycles. The van der Waals surface area contributed by atoms with Crippen LogP contribution in [0, 0.1) is 0 Å². The number of rotatable bonds is 53. The van der Waals surface area contributed by atoms with Crippen molar-refractivity contribution in [3.05, 3.63) is 0 Å². The van der Waals surface area contributed by atoms with E-state index in [9.17, 15) is 14.4 Å². The highest BCUT2D eigenvalue weighted by atomic mass is 16.6. The van der Waals surface area contributed by atoms with Crippen molar-refractivity contribution in [3.8, 4) is 0 Å². The number of carbonyl (C=O) groups is 3. The zero-order valence-corrected chi connectivity index (χ0v) is 43.8.